The number of hydrogen-bond acceptors (Lipinski definition) is 3. The van der Waals surface area contributed by atoms with Crippen molar-refractivity contribution in [2.75, 3.05) is 39.2 Å². The van der Waals surface area contributed by atoms with Gasteiger partial charge >= 0.3 is 7.82 Å². The van der Waals surface area contributed by atoms with E-state index < -0.39 is 13.9 Å². The van der Waals surface area contributed by atoms with Gasteiger partial charge in [0.25, 0.3) is 0 Å². The molecule has 5 nitrogen and oxygen atoms in total. The van der Waals surface area contributed by atoms with Gasteiger partial charge in [-0.2, -0.15) is 11.8 Å². The lowest BCUT2D eigenvalue weighted by Crippen LogP contribution is -2.42. The third kappa shape index (κ3) is 26.9. The van der Waals surface area contributed by atoms with Gasteiger partial charge in [0, 0.05) is 0 Å². The topological polar surface area (TPSA) is 66.8 Å². The van der Waals surface area contributed by atoms with E-state index in [4.69, 9.17) is 4.52 Å². The molecule has 0 fully saturated rings. The third-order valence-corrected chi connectivity index (χ3v) is 7.95. The first-order valence-electron chi connectivity index (χ1n) is 13.7. The number of thioether (sulfide) groups is 1. The van der Waals surface area contributed by atoms with E-state index in [1.807, 2.05) is 32.9 Å². The summed E-state index contributed by atoms with van der Waals surface area (Å²) in [6, 6.07) is 0. The summed E-state index contributed by atoms with van der Waals surface area (Å²) < 4.78 is 17.0. The normalized spacial score (nSPS) is 14.5. The minimum Gasteiger partial charge on any atom is -0.329 e. The molecule has 200 valence electrons. The average molecular weight is 511 g/mol. The lowest BCUT2D eigenvalue weighted by molar-refractivity contribution is -0.873. The van der Waals surface area contributed by atoms with Gasteiger partial charge in [0.05, 0.1) is 21.1 Å². The summed E-state index contributed by atoms with van der Waals surface area (Å²) >= 11 is 1.97. The van der Waals surface area contributed by atoms with E-state index in [2.05, 4.69) is 13.8 Å². The summed E-state index contributed by atoms with van der Waals surface area (Å²) in [4.78, 5) is 18.4. The number of phosphoric ester groups is 1. The minimum atomic E-state index is -4.45. The van der Waals surface area contributed by atoms with Crippen molar-refractivity contribution in [2.45, 2.75) is 123 Å². The van der Waals surface area contributed by atoms with Crippen LogP contribution in [0.4, 0.5) is 0 Å². The molecule has 0 aliphatic rings. The molecule has 2 N–H and O–H groups in total. The Morgan fingerprint density at radius 1 is 0.788 bits per heavy atom. The number of rotatable bonds is 24. The minimum absolute atomic E-state index is 0.384. The summed E-state index contributed by atoms with van der Waals surface area (Å²) in [6.45, 7) is 5.03. The van der Waals surface area contributed by atoms with Crippen molar-refractivity contribution in [3.63, 3.8) is 0 Å². The van der Waals surface area contributed by atoms with E-state index in [1.165, 1.54) is 102 Å². The Kier molecular flexibility index (Phi) is 20.9. The first-order valence-corrected chi connectivity index (χ1v) is 16.3. The predicted octanol–water partition coefficient (Wildman–Crippen LogP) is 7.80. The molecule has 0 saturated heterocycles. The summed E-state index contributed by atoms with van der Waals surface area (Å²) in [5.41, 5.74) is 0. The van der Waals surface area contributed by atoms with E-state index in [-0.39, 0.29) is 0 Å². The van der Waals surface area contributed by atoms with Gasteiger partial charge in [-0.15, -0.1) is 0 Å². The second-order valence-corrected chi connectivity index (χ2v) is 13.4. The second-order valence-electron chi connectivity index (χ2n) is 11.1. The van der Waals surface area contributed by atoms with Gasteiger partial charge in [0.2, 0.25) is 0 Å². The number of hydrogen-bond donors (Lipinski definition) is 2. The van der Waals surface area contributed by atoms with Crippen molar-refractivity contribution < 1.29 is 23.4 Å². The molecule has 2 atom stereocenters. The Labute approximate surface area is 210 Å². The second kappa shape index (κ2) is 20.6. The van der Waals surface area contributed by atoms with Gasteiger partial charge < -0.3 is 14.3 Å². The van der Waals surface area contributed by atoms with Crippen LogP contribution in [0.25, 0.3) is 0 Å². The Hall–Kier alpha value is 0.420. The lowest BCUT2D eigenvalue weighted by atomic mass is 10.0. The molecule has 0 aromatic carbocycles. The molecule has 0 aliphatic carbocycles. The van der Waals surface area contributed by atoms with Crippen LogP contribution >= 0.6 is 19.6 Å². The number of quaternary nitrogens is 1. The van der Waals surface area contributed by atoms with Crippen LogP contribution in [-0.4, -0.2) is 59.6 Å². The van der Waals surface area contributed by atoms with Gasteiger partial charge in [-0.3, -0.25) is 4.52 Å². The highest BCUT2D eigenvalue weighted by atomic mass is 32.2. The van der Waals surface area contributed by atoms with E-state index in [0.29, 0.717) is 23.4 Å². The Morgan fingerprint density at radius 3 is 1.61 bits per heavy atom. The molecular formula is C26H57NO4PS+. The lowest BCUT2D eigenvalue weighted by Gasteiger charge is -2.30. The SMILES string of the molecule is CCCCCCCCCCCCCCCCCSCC(C)CC(C[N+](C)(C)C)OP(=O)(O)O. The van der Waals surface area contributed by atoms with Crippen molar-refractivity contribution in [3.05, 3.63) is 0 Å². The van der Waals surface area contributed by atoms with Crippen molar-refractivity contribution in [1.29, 1.82) is 0 Å². The van der Waals surface area contributed by atoms with Gasteiger partial charge in [0.15, 0.2) is 0 Å². The van der Waals surface area contributed by atoms with Crippen molar-refractivity contribution in [2.24, 2.45) is 5.92 Å². The molecule has 0 spiro atoms. The molecule has 33 heavy (non-hydrogen) atoms. The van der Waals surface area contributed by atoms with Crippen LogP contribution in [0.5, 0.6) is 0 Å². The van der Waals surface area contributed by atoms with E-state index in [0.717, 1.165) is 5.75 Å². The van der Waals surface area contributed by atoms with Crippen molar-refractivity contribution in [1.82, 2.24) is 0 Å². The summed E-state index contributed by atoms with van der Waals surface area (Å²) in [6.07, 6.45) is 21.2. The standard InChI is InChI=1S/C26H56NO4PS/c1-6-7-8-9-10-11-12-13-14-15-16-17-18-19-20-21-33-24-25(2)22-26(23-27(3,4)5)31-32(28,29)30/h25-26H,6-24H2,1-5H3,(H-,28,29,30)/p+1. The van der Waals surface area contributed by atoms with Crippen LogP contribution in [0.3, 0.4) is 0 Å². The maximum atomic E-state index is 11.3. The van der Waals surface area contributed by atoms with Gasteiger partial charge in [-0.05, 0) is 30.3 Å². The first kappa shape index (κ1) is 33.4. The fraction of sp³-hybridized carbons (Fsp3) is 1.00. The van der Waals surface area contributed by atoms with Crippen LogP contribution in [0, 0.1) is 5.92 Å². The molecule has 0 aliphatic heterocycles. The Balaban J connectivity index is 3.58. The van der Waals surface area contributed by atoms with Crippen LogP contribution in [-0.2, 0) is 9.09 Å². The van der Waals surface area contributed by atoms with Crippen LogP contribution in [0.2, 0.25) is 0 Å². The van der Waals surface area contributed by atoms with Gasteiger partial charge in [-0.1, -0.05) is 104 Å². The molecular weight excluding hydrogens is 453 g/mol. The summed E-state index contributed by atoms with van der Waals surface area (Å²) in [7, 11) is 1.61. The average Bonchev–Trinajstić information content (AvgIpc) is 2.67. The van der Waals surface area contributed by atoms with Gasteiger partial charge in [0.1, 0.15) is 12.6 Å². The van der Waals surface area contributed by atoms with Crippen molar-refractivity contribution in [3.8, 4) is 0 Å². The largest absolute Gasteiger partial charge is 0.470 e. The molecule has 0 rings (SSSR count). The zero-order valence-corrected chi connectivity index (χ0v) is 24.3. The molecule has 2 unspecified atom stereocenters. The summed E-state index contributed by atoms with van der Waals surface area (Å²) in [5, 5.41) is 0. The van der Waals surface area contributed by atoms with Crippen LogP contribution in [0.1, 0.15) is 117 Å². The highest BCUT2D eigenvalue weighted by Crippen LogP contribution is 2.39. The molecule has 0 aromatic heterocycles. The molecule has 0 bridgehead atoms. The quantitative estimate of drug-likeness (QED) is 0.0787. The first-order chi connectivity index (χ1) is 15.5. The molecule has 7 heteroatoms. The Morgan fingerprint density at radius 2 is 1.21 bits per heavy atom. The fourth-order valence-electron chi connectivity index (χ4n) is 4.33. The predicted molar refractivity (Wildman–Crippen MR) is 146 cm³/mol. The van der Waals surface area contributed by atoms with E-state index >= 15 is 0 Å². The van der Waals surface area contributed by atoms with Gasteiger partial charge in [-0.25, -0.2) is 4.57 Å². The number of phosphoric acid groups is 1. The third-order valence-electron chi connectivity index (χ3n) is 6.00. The van der Waals surface area contributed by atoms with Crippen molar-refractivity contribution >= 4 is 19.6 Å². The van der Waals surface area contributed by atoms with E-state index in [9.17, 15) is 14.4 Å². The Bertz CT molecular complexity index is 481. The fourth-order valence-corrected chi connectivity index (χ4v) is 5.99. The van der Waals surface area contributed by atoms with Crippen LogP contribution in [0.15, 0.2) is 0 Å². The number of nitrogens with zero attached hydrogens (tertiary/aromatic N) is 1. The zero-order chi connectivity index (χ0) is 25.0. The zero-order valence-electron chi connectivity index (χ0n) is 22.6. The maximum absolute atomic E-state index is 11.3. The molecule has 0 radical (unpaired) electrons. The molecule has 0 heterocycles. The maximum Gasteiger partial charge on any atom is 0.470 e. The number of unbranched alkanes of at least 4 members (excludes halogenated alkanes) is 14. The molecule has 0 aromatic rings. The molecule has 0 saturated carbocycles. The summed E-state index contributed by atoms with van der Waals surface area (Å²) in [5.74, 6) is 2.59. The van der Waals surface area contributed by atoms with E-state index in [1.54, 1.807) is 0 Å². The highest BCUT2D eigenvalue weighted by molar-refractivity contribution is 7.99. The smallest absolute Gasteiger partial charge is 0.329 e. The molecule has 0 amide bonds. The number of likely N-dealkylation sites (N-methyl/N-ethyl adjacent to an activating group) is 1. The monoisotopic (exact) mass is 510 g/mol. The van der Waals surface area contributed by atoms with Crippen LogP contribution < -0.4 is 0 Å². The highest BCUT2D eigenvalue weighted by Gasteiger charge is 2.28.